The number of sulfonamides is 1. The molecule has 0 spiro atoms. The molecule has 0 N–H and O–H groups in total. The molecular weight excluding hydrogens is 301 g/mol. The van der Waals surface area contributed by atoms with Gasteiger partial charge in [0.2, 0.25) is 15.8 Å². The number of halogens is 1. The van der Waals surface area contributed by atoms with Gasteiger partial charge in [0, 0.05) is 25.7 Å². The predicted molar refractivity (Wildman–Crippen MR) is 73.9 cm³/mol. The van der Waals surface area contributed by atoms with Gasteiger partial charge in [0.1, 0.15) is 0 Å². The van der Waals surface area contributed by atoms with Gasteiger partial charge in [-0.15, -0.1) is 0 Å². The standard InChI is InChI=1S/C12H16FN3O4S/c1-9-8-15(7-6-14(9)2)21(19,20)11-5-3-4-10(13)12(11)16(17)18/h3-5,9H,6-8H2,1-2H3. The van der Waals surface area contributed by atoms with Crippen LogP contribution < -0.4 is 0 Å². The number of hydrogen-bond donors (Lipinski definition) is 0. The molecule has 1 unspecified atom stereocenters. The van der Waals surface area contributed by atoms with Crippen molar-refractivity contribution in [3.8, 4) is 0 Å². The third-order valence-corrected chi connectivity index (χ3v) is 5.57. The second-order valence-electron chi connectivity index (χ2n) is 5.04. The van der Waals surface area contributed by atoms with Crippen LogP contribution in [-0.4, -0.2) is 55.3 Å². The van der Waals surface area contributed by atoms with Crippen molar-refractivity contribution >= 4 is 15.7 Å². The van der Waals surface area contributed by atoms with Crippen molar-refractivity contribution in [3.05, 3.63) is 34.1 Å². The molecule has 1 fully saturated rings. The van der Waals surface area contributed by atoms with Gasteiger partial charge < -0.3 is 4.90 Å². The summed E-state index contributed by atoms with van der Waals surface area (Å²) in [6, 6.07) is 3.10. The number of para-hydroxylation sites is 1. The molecule has 1 aliphatic rings. The first-order valence-electron chi connectivity index (χ1n) is 6.38. The van der Waals surface area contributed by atoms with Crippen LogP contribution in [0.25, 0.3) is 0 Å². The van der Waals surface area contributed by atoms with Crippen molar-refractivity contribution in [1.29, 1.82) is 0 Å². The van der Waals surface area contributed by atoms with Gasteiger partial charge in [-0.2, -0.15) is 8.70 Å². The SMILES string of the molecule is CC1CN(S(=O)(=O)c2cccc(F)c2[N+](=O)[O-])CCN1C. The molecule has 1 atom stereocenters. The number of rotatable bonds is 3. The van der Waals surface area contributed by atoms with Crippen molar-refractivity contribution in [2.75, 3.05) is 26.7 Å². The Kier molecular flexibility index (Phi) is 4.26. The summed E-state index contributed by atoms with van der Waals surface area (Å²) in [7, 11) is -2.22. The lowest BCUT2D eigenvalue weighted by atomic mass is 10.2. The predicted octanol–water partition coefficient (Wildman–Crippen LogP) is 1.06. The summed E-state index contributed by atoms with van der Waals surface area (Å²) in [6.45, 7) is 2.81. The number of piperazine rings is 1. The minimum Gasteiger partial charge on any atom is -0.301 e. The van der Waals surface area contributed by atoms with Gasteiger partial charge in [0.05, 0.1) is 4.92 Å². The Hall–Kier alpha value is -1.58. The Balaban J connectivity index is 2.46. The lowest BCUT2D eigenvalue weighted by Crippen LogP contribution is -2.51. The van der Waals surface area contributed by atoms with Crippen LogP contribution in [0.3, 0.4) is 0 Å². The van der Waals surface area contributed by atoms with E-state index >= 15 is 0 Å². The highest BCUT2D eigenvalue weighted by Gasteiger charge is 2.36. The van der Waals surface area contributed by atoms with E-state index in [1.54, 1.807) is 0 Å². The minimum absolute atomic E-state index is 0.0128. The Labute approximate surface area is 122 Å². The van der Waals surface area contributed by atoms with Crippen LogP contribution in [-0.2, 0) is 10.0 Å². The van der Waals surface area contributed by atoms with Crippen LogP contribution in [0, 0.1) is 15.9 Å². The van der Waals surface area contributed by atoms with Crippen LogP contribution in [0.15, 0.2) is 23.1 Å². The van der Waals surface area contributed by atoms with Gasteiger partial charge in [-0.3, -0.25) is 10.1 Å². The Bertz CT molecular complexity index is 664. The van der Waals surface area contributed by atoms with Crippen LogP contribution >= 0.6 is 0 Å². The smallest absolute Gasteiger partial charge is 0.301 e. The van der Waals surface area contributed by atoms with Gasteiger partial charge in [0.15, 0.2) is 4.90 Å². The summed E-state index contributed by atoms with van der Waals surface area (Å²) >= 11 is 0. The first kappa shape index (κ1) is 15.8. The van der Waals surface area contributed by atoms with E-state index in [1.165, 1.54) is 4.31 Å². The van der Waals surface area contributed by atoms with Crippen LogP contribution in [0.4, 0.5) is 10.1 Å². The maximum Gasteiger partial charge on any atom is 0.324 e. The zero-order chi connectivity index (χ0) is 15.8. The molecule has 1 aromatic rings. The van der Waals surface area contributed by atoms with Crippen LogP contribution in [0.1, 0.15) is 6.92 Å². The van der Waals surface area contributed by atoms with E-state index in [2.05, 4.69) is 0 Å². The number of nitro groups is 1. The summed E-state index contributed by atoms with van der Waals surface area (Å²) in [6.07, 6.45) is 0. The lowest BCUT2D eigenvalue weighted by Gasteiger charge is -2.36. The molecule has 21 heavy (non-hydrogen) atoms. The summed E-state index contributed by atoms with van der Waals surface area (Å²) < 4.78 is 39.9. The van der Waals surface area contributed by atoms with E-state index in [1.807, 2.05) is 18.9 Å². The fraction of sp³-hybridized carbons (Fsp3) is 0.500. The molecule has 0 saturated carbocycles. The number of hydrogen-bond acceptors (Lipinski definition) is 5. The number of likely N-dealkylation sites (N-methyl/N-ethyl adjacent to an activating group) is 1. The molecule has 1 heterocycles. The lowest BCUT2D eigenvalue weighted by molar-refractivity contribution is -0.390. The molecule has 9 heteroatoms. The van der Waals surface area contributed by atoms with E-state index in [-0.39, 0.29) is 19.1 Å². The van der Waals surface area contributed by atoms with Crippen molar-refractivity contribution in [3.63, 3.8) is 0 Å². The Morgan fingerprint density at radius 3 is 2.62 bits per heavy atom. The average Bonchev–Trinajstić information content (AvgIpc) is 2.41. The maximum absolute atomic E-state index is 13.6. The van der Waals surface area contributed by atoms with Crippen LogP contribution in [0.5, 0.6) is 0 Å². The van der Waals surface area contributed by atoms with Gasteiger partial charge in [-0.1, -0.05) is 6.07 Å². The molecule has 116 valence electrons. The highest BCUT2D eigenvalue weighted by molar-refractivity contribution is 7.89. The third-order valence-electron chi connectivity index (χ3n) is 3.67. The zero-order valence-corrected chi connectivity index (χ0v) is 12.5. The van der Waals surface area contributed by atoms with Crippen molar-refractivity contribution < 1.29 is 17.7 Å². The van der Waals surface area contributed by atoms with E-state index in [4.69, 9.17) is 0 Å². The fourth-order valence-corrected chi connectivity index (χ4v) is 3.93. The molecule has 0 radical (unpaired) electrons. The third kappa shape index (κ3) is 2.89. The molecule has 7 nitrogen and oxygen atoms in total. The van der Waals surface area contributed by atoms with E-state index in [0.29, 0.717) is 6.54 Å². The van der Waals surface area contributed by atoms with E-state index in [9.17, 15) is 22.9 Å². The van der Waals surface area contributed by atoms with E-state index in [0.717, 1.165) is 18.2 Å². The molecule has 1 aromatic carbocycles. The molecule has 0 aliphatic carbocycles. The molecule has 1 aliphatic heterocycles. The summed E-state index contributed by atoms with van der Waals surface area (Å²) in [5.41, 5.74) is -0.996. The second kappa shape index (κ2) is 5.66. The molecule has 1 saturated heterocycles. The number of nitro benzene ring substituents is 1. The quantitative estimate of drug-likeness (QED) is 0.615. The fourth-order valence-electron chi connectivity index (χ4n) is 2.25. The maximum atomic E-state index is 13.6. The second-order valence-corrected chi connectivity index (χ2v) is 6.94. The number of benzene rings is 1. The molecule has 0 amide bonds. The van der Waals surface area contributed by atoms with Crippen molar-refractivity contribution in [1.82, 2.24) is 9.21 Å². The van der Waals surface area contributed by atoms with Crippen molar-refractivity contribution in [2.24, 2.45) is 0 Å². The highest BCUT2D eigenvalue weighted by atomic mass is 32.2. The zero-order valence-electron chi connectivity index (χ0n) is 11.7. The summed E-state index contributed by atoms with van der Waals surface area (Å²) in [5.74, 6) is -1.15. The first-order valence-corrected chi connectivity index (χ1v) is 7.82. The summed E-state index contributed by atoms with van der Waals surface area (Å²) in [4.78, 5) is 11.4. The van der Waals surface area contributed by atoms with Gasteiger partial charge in [-0.25, -0.2) is 8.42 Å². The van der Waals surface area contributed by atoms with Gasteiger partial charge in [0.25, 0.3) is 0 Å². The molecule has 0 aromatic heterocycles. The largest absolute Gasteiger partial charge is 0.324 e. The van der Waals surface area contributed by atoms with E-state index < -0.39 is 31.3 Å². The average molecular weight is 317 g/mol. The van der Waals surface area contributed by atoms with Gasteiger partial charge >= 0.3 is 5.69 Å². The Morgan fingerprint density at radius 2 is 2.05 bits per heavy atom. The minimum atomic E-state index is -4.09. The van der Waals surface area contributed by atoms with Crippen LogP contribution in [0.2, 0.25) is 0 Å². The topological polar surface area (TPSA) is 83.8 Å². The first-order chi connectivity index (χ1) is 9.75. The van der Waals surface area contributed by atoms with Gasteiger partial charge in [-0.05, 0) is 26.1 Å². The molecule has 2 rings (SSSR count). The summed E-state index contributed by atoms with van der Waals surface area (Å²) in [5, 5.41) is 11.0. The Morgan fingerprint density at radius 1 is 1.38 bits per heavy atom. The normalized spacial score (nSPS) is 21.4. The monoisotopic (exact) mass is 317 g/mol. The molecule has 0 bridgehead atoms. The molecular formula is C12H16FN3O4S. The number of nitrogens with zero attached hydrogens (tertiary/aromatic N) is 3. The van der Waals surface area contributed by atoms with Crippen molar-refractivity contribution in [2.45, 2.75) is 17.9 Å². The highest BCUT2D eigenvalue weighted by Crippen LogP contribution is 2.30.